The van der Waals surface area contributed by atoms with Crippen molar-refractivity contribution in [2.45, 2.75) is 57.4 Å². The highest BCUT2D eigenvalue weighted by Crippen LogP contribution is 2.61. The van der Waals surface area contributed by atoms with Crippen LogP contribution in [0.1, 0.15) is 43.7 Å². The van der Waals surface area contributed by atoms with Crippen LogP contribution in [-0.2, 0) is 16.8 Å². The van der Waals surface area contributed by atoms with Crippen molar-refractivity contribution in [1.82, 2.24) is 0 Å². The Morgan fingerprint density at radius 3 is 2.32 bits per heavy atom. The first-order chi connectivity index (χ1) is 14.8. The summed E-state index contributed by atoms with van der Waals surface area (Å²) in [6, 6.07) is 9.23. The van der Waals surface area contributed by atoms with Gasteiger partial charge in [-0.2, -0.15) is 8.78 Å². The molecule has 0 radical (unpaired) electrons. The fraction of sp³-hybridized carbons (Fsp3) is 0.417. The molecule has 0 aromatic heterocycles. The fourth-order valence-electron chi connectivity index (χ4n) is 5.56. The molecule has 2 spiro atoms. The number of hydrogen-bond acceptors (Lipinski definition) is 3. The smallest absolute Gasteiger partial charge is 0.320 e. The number of rotatable bonds is 3. The number of fused-ring (bicyclic) bond motifs is 3. The summed E-state index contributed by atoms with van der Waals surface area (Å²) >= 11 is 0. The van der Waals surface area contributed by atoms with Crippen LogP contribution in [0.4, 0.5) is 17.6 Å². The van der Waals surface area contributed by atoms with Crippen LogP contribution in [0.5, 0.6) is 0 Å². The van der Waals surface area contributed by atoms with Gasteiger partial charge in [0.05, 0.1) is 11.8 Å². The molecule has 7 heteroatoms. The first-order valence-corrected chi connectivity index (χ1v) is 10.5. The number of benzene rings is 2. The Labute approximate surface area is 177 Å². The van der Waals surface area contributed by atoms with Gasteiger partial charge in [-0.15, -0.1) is 0 Å². The zero-order valence-corrected chi connectivity index (χ0v) is 17.0. The maximum atomic E-state index is 13.8. The Morgan fingerprint density at radius 1 is 1.00 bits per heavy atom. The second-order valence-corrected chi connectivity index (χ2v) is 8.77. The molecule has 3 nitrogen and oxygen atoms in total. The number of hydrogen-bond donors (Lipinski definition) is 0. The molecule has 5 rings (SSSR count). The molecule has 1 unspecified atom stereocenters. The van der Waals surface area contributed by atoms with E-state index in [1.165, 1.54) is 12.1 Å². The summed E-state index contributed by atoms with van der Waals surface area (Å²) in [7, 11) is 0. The van der Waals surface area contributed by atoms with E-state index in [1.54, 1.807) is 6.21 Å². The van der Waals surface area contributed by atoms with E-state index in [0.29, 0.717) is 36.8 Å². The van der Waals surface area contributed by atoms with Crippen LogP contribution in [0.2, 0.25) is 0 Å². The van der Waals surface area contributed by atoms with Gasteiger partial charge in [-0.05, 0) is 73.9 Å². The van der Waals surface area contributed by atoms with E-state index in [2.05, 4.69) is 0 Å². The molecule has 0 bridgehead atoms. The molecule has 1 heterocycles. The average molecular weight is 430 g/mol. The topological polar surface area (TPSA) is 34.0 Å². The molecule has 1 saturated carbocycles. The van der Waals surface area contributed by atoms with Crippen LogP contribution in [0, 0.1) is 17.0 Å². The number of nitrogens with zero attached hydrogens (tertiary/aromatic N) is 2. The molecule has 31 heavy (non-hydrogen) atoms. The molecule has 2 aromatic carbocycles. The highest BCUT2D eigenvalue weighted by atomic mass is 19.3. The SMILES string of the molecule is CC1=NC2(N=C1)c1cc(-c3cc(F)cc(F)c3)ccc1CC21CCC(OC(F)F)CC1. The maximum absolute atomic E-state index is 13.8. The lowest BCUT2D eigenvalue weighted by atomic mass is 9.65. The Bertz CT molecular complexity index is 1070. The zero-order valence-electron chi connectivity index (χ0n) is 17.0. The Hall–Kier alpha value is -2.54. The first-order valence-electron chi connectivity index (χ1n) is 10.5. The Balaban J connectivity index is 1.56. The molecule has 1 aliphatic heterocycles. The number of halogens is 4. The second-order valence-electron chi connectivity index (χ2n) is 8.77. The molecule has 162 valence electrons. The summed E-state index contributed by atoms with van der Waals surface area (Å²) in [6.45, 7) is -0.880. The summed E-state index contributed by atoms with van der Waals surface area (Å²) in [5.41, 5.74) is 2.81. The largest absolute Gasteiger partial charge is 0.345 e. The van der Waals surface area contributed by atoms with Gasteiger partial charge in [-0.3, -0.25) is 9.98 Å². The van der Waals surface area contributed by atoms with E-state index in [1.807, 2.05) is 25.1 Å². The molecule has 0 saturated heterocycles. The van der Waals surface area contributed by atoms with Crippen LogP contribution in [0.25, 0.3) is 11.1 Å². The van der Waals surface area contributed by atoms with Crippen LogP contribution in [0.15, 0.2) is 46.4 Å². The third kappa shape index (κ3) is 3.30. The van der Waals surface area contributed by atoms with Crippen LogP contribution in [-0.4, -0.2) is 24.6 Å². The molecule has 1 fully saturated rings. The van der Waals surface area contributed by atoms with Crippen LogP contribution < -0.4 is 0 Å². The van der Waals surface area contributed by atoms with Gasteiger partial charge in [-0.1, -0.05) is 12.1 Å². The monoisotopic (exact) mass is 430 g/mol. The lowest BCUT2D eigenvalue weighted by Crippen LogP contribution is -2.43. The highest BCUT2D eigenvalue weighted by Gasteiger charge is 2.60. The molecule has 0 N–H and O–H groups in total. The van der Waals surface area contributed by atoms with Crippen molar-refractivity contribution in [3.63, 3.8) is 0 Å². The van der Waals surface area contributed by atoms with Gasteiger partial charge in [-0.25, -0.2) is 8.78 Å². The van der Waals surface area contributed by atoms with Gasteiger partial charge >= 0.3 is 6.61 Å². The lowest BCUT2D eigenvalue weighted by Gasteiger charge is -2.44. The summed E-state index contributed by atoms with van der Waals surface area (Å²) < 4.78 is 57.7. The normalized spacial score (nSPS) is 29.2. The summed E-state index contributed by atoms with van der Waals surface area (Å²) in [6.07, 6.45) is 4.39. The van der Waals surface area contributed by atoms with Gasteiger partial charge < -0.3 is 4.74 Å². The molecule has 3 aliphatic rings. The maximum Gasteiger partial charge on any atom is 0.345 e. The average Bonchev–Trinajstić information content (AvgIpc) is 3.22. The van der Waals surface area contributed by atoms with Crippen LogP contribution in [0.3, 0.4) is 0 Å². The van der Waals surface area contributed by atoms with Gasteiger partial charge in [0, 0.05) is 23.3 Å². The molecule has 1 atom stereocenters. The standard InChI is InChI=1S/C24H22F4N2O/c1-14-13-29-24(30-14)21-10-15(17-8-18(25)11-19(26)9-17)2-3-16(21)12-23(24)6-4-20(5-7-23)31-22(27)28/h2-3,8-11,13,20,22H,4-7,12H2,1H3. The number of ether oxygens (including phenoxy) is 1. The predicted octanol–water partition coefficient (Wildman–Crippen LogP) is 6.05. The summed E-state index contributed by atoms with van der Waals surface area (Å²) in [5, 5.41) is 0. The zero-order chi connectivity index (χ0) is 21.8. The van der Waals surface area contributed by atoms with Gasteiger partial charge in [0.2, 0.25) is 0 Å². The Kier molecular flexibility index (Phi) is 4.77. The third-order valence-corrected chi connectivity index (χ3v) is 6.91. The van der Waals surface area contributed by atoms with E-state index >= 15 is 0 Å². The molecular formula is C24H22F4N2O. The lowest BCUT2D eigenvalue weighted by molar-refractivity contribution is -0.177. The van der Waals surface area contributed by atoms with Crippen molar-refractivity contribution in [3.8, 4) is 11.1 Å². The molecule has 0 amide bonds. The predicted molar refractivity (Wildman–Crippen MR) is 111 cm³/mol. The van der Waals surface area contributed by atoms with E-state index in [-0.39, 0.29) is 5.41 Å². The third-order valence-electron chi connectivity index (χ3n) is 6.91. The first kappa shape index (κ1) is 20.4. The van der Waals surface area contributed by atoms with Crippen molar-refractivity contribution in [2.24, 2.45) is 15.4 Å². The fourth-order valence-corrected chi connectivity index (χ4v) is 5.56. The van der Waals surface area contributed by atoms with Gasteiger partial charge in [0.25, 0.3) is 0 Å². The van der Waals surface area contributed by atoms with Gasteiger partial charge in [0.15, 0.2) is 5.66 Å². The van der Waals surface area contributed by atoms with E-state index in [0.717, 1.165) is 29.3 Å². The second kappa shape index (κ2) is 7.26. The van der Waals surface area contributed by atoms with E-state index < -0.39 is 30.0 Å². The molecular weight excluding hydrogens is 408 g/mol. The summed E-state index contributed by atoms with van der Waals surface area (Å²) in [5.74, 6) is -1.27. The highest BCUT2D eigenvalue weighted by molar-refractivity contribution is 6.31. The minimum absolute atomic E-state index is 0.322. The van der Waals surface area contributed by atoms with Crippen molar-refractivity contribution >= 4 is 11.9 Å². The summed E-state index contributed by atoms with van der Waals surface area (Å²) in [4.78, 5) is 9.81. The minimum atomic E-state index is -2.77. The van der Waals surface area contributed by atoms with Gasteiger partial charge in [0.1, 0.15) is 11.6 Å². The Morgan fingerprint density at radius 2 is 1.71 bits per heavy atom. The minimum Gasteiger partial charge on any atom is -0.320 e. The quantitative estimate of drug-likeness (QED) is 0.546. The van der Waals surface area contributed by atoms with E-state index in [4.69, 9.17) is 14.7 Å². The van der Waals surface area contributed by atoms with Crippen molar-refractivity contribution in [3.05, 3.63) is 59.2 Å². The molecule has 2 aromatic rings. The molecule has 2 aliphatic carbocycles. The number of alkyl halides is 2. The van der Waals surface area contributed by atoms with Crippen molar-refractivity contribution in [1.29, 1.82) is 0 Å². The number of aliphatic imine (C=N–C) groups is 2. The van der Waals surface area contributed by atoms with Crippen molar-refractivity contribution in [2.75, 3.05) is 0 Å². The van der Waals surface area contributed by atoms with Crippen LogP contribution >= 0.6 is 0 Å². The van der Waals surface area contributed by atoms with Crippen molar-refractivity contribution < 1.29 is 22.3 Å². The van der Waals surface area contributed by atoms with E-state index in [9.17, 15) is 17.6 Å².